The zero-order valence-corrected chi connectivity index (χ0v) is 10.6. The van der Waals surface area contributed by atoms with Gasteiger partial charge in [-0.15, -0.1) is 0 Å². The SMILES string of the molecule is Cc1ccccc1OCCNCc1cccnc1. The van der Waals surface area contributed by atoms with E-state index in [1.54, 1.807) is 6.20 Å². The van der Waals surface area contributed by atoms with E-state index in [1.165, 1.54) is 11.1 Å². The fraction of sp³-hybridized carbons (Fsp3) is 0.267. The summed E-state index contributed by atoms with van der Waals surface area (Å²) in [6.07, 6.45) is 3.65. The summed E-state index contributed by atoms with van der Waals surface area (Å²) in [5, 5.41) is 3.33. The van der Waals surface area contributed by atoms with Crippen molar-refractivity contribution in [1.29, 1.82) is 0 Å². The lowest BCUT2D eigenvalue weighted by Crippen LogP contribution is -2.20. The predicted molar refractivity (Wildman–Crippen MR) is 72.6 cm³/mol. The number of benzene rings is 1. The van der Waals surface area contributed by atoms with Gasteiger partial charge in [0.25, 0.3) is 0 Å². The van der Waals surface area contributed by atoms with E-state index in [2.05, 4.69) is 29.4 Å². The first kappa shape index (κ1) is 12.6. The Labute approximate surface area is 108 Å². The van der Waals surface area contributed by atoms with Gasteiger partial charge in [0.05, 0.1) is 0 Å². The Morgan fingerprint density at radius 2 is 2.06 bits per heavy atom. The zero-order valence-electron chi connectivity index (χ0n) is 10.6. The van der Waals surface area contributed by atoms with Crippen LogP contribution < -0.4 is 10.1 Å². The first-order valence-electron chi connectivity index (χ1n) is 6.14. The van der Waals surface area contributed by atoms with Gasteiger partial charge >= 0.3 is 0 Å². The van der Waals surface area contributed by atoms with Gasteiger partial charge in [0.2, 0.25) is 0 Å². The van der Waals surface area contributed by atoms with E-state index in [-0.39, 0.29) is 0 Å². The van der Waals surface area contributed by atoms with Crippen LogP contribution in [0.15, 0.2) is 48.8 Å². The van der Waals surface area contributed by atoms with Crippen molar-refractivity contribution < 1.29 is 4.74 Å². The molecule has 0 saturated carbocycles. The van der Waals surface area contributed by atoms with E-state index in [0.29, 0.717) is 6.61 Å². The summed E-state index contributed by atoms with van der Waals surface area (Å²) in [5.41, 5.74) is 2.36. The van der Waals surface area contributed by atoms with Gasteiger partial charge in [0.15, 0.2) is 0 Å². The van der Waals surface area contributed by atoms with Gasteiger partial charge in [-0.3, -0.25) is 4.98 Å². The molecule has 0 unspecified atom stereocenters. The van der Waals surface area contributed by atoms with Crippen LogP contribution in [0.5, 0.6) is 5.75 Å². The summed E-state index contributed by atoms with van der Waals surface area (Å²) >= 11 is 0. The number of hydrogen-bond donors (Lipinski definition) is 1. The number of aryl methyl sites for hydroxylation is 1. The lowest BCUT2D eigenvalue weighted by atomic mass is 10.2. The summed E-state index contributed by atoms with van der Waals surface area (Å²) in [4.78, 5) is 4.07. The van der Waals surface area contributed by atoms with E-state index >= 15 is 0 Å². The maximum absolute atomic E-state index is 5.70. The molecule has 0 atom stereocenters. The topological polar surface area (TPSA) is 34.1 Å². The Balaban J connectivity index is 1.66. The minimum Gasteiger partial charge on any atom is -0.492 e. The second-order valence-electron chi connectivity index (χ2n) is 4.15. The van der Waals surface area contributed by atoms with Gasteiger partial charge in [0.1, 0.15) is 12.4 Å². The number of nitrogens with one attached hydrogen (secondary N) is 1. The van der Waals surface area contributed by atoms with E-state index in [9.17, 15) is 0 Å². The monoisotopic (exact) mass is 242 g/mol. The summed E-state index contributed by atoms with van der Waals surface area (Å²) in [5.74, 6) is 0.959. The summed E-state index contributed by atoms with van der Waals surface area (Å²) in [6, 6.07) is 12.1. The van der Waals surface area contributed by atoms with Gasteiger partial charge in [-0.25, -0.2) is 0 Å². The van der Waals surface area contributed by atoms with Crippen LogP contribution in [0.4, 0.5) is 0 Å². The van der Waals surface area contributed by atoms with E-state index < -0.39 is 0 Å². The first-order chi connectivity index (χ1) is 8.86. The van der Waals surface area contributed by atoms with Gasteiger partial charge in [-0.2, -0.15) is 0 Å². The third kappa shape index (κ3) is 3.86. The highest BCUT2D eigenvalue weighted by atomic mass is 16.5. The minimum absolute atomic E-state index is 0.672. The minimum atomic E-state index is 0.672. The van der Waals surface area contributed by atoms with Crippen LogP contribution >= 0.6 is 0 Å². The normalized spacial score (nSPS) is 10.3. The molecule has 94 valence electrons. The average Bonchev–Trinajstić information content (AvgIpc) is 2.42. The van der Waals surface area contributed by atoms with Crippen molar-refractivity contribution in [2.45, 2.75) is 13.5 Å². The maximum atomic E-state index is 5.70. The van der Waals surface area contributed by atoms with Crippen LogP contribution in [0.1, 0.15) is 11.1 Å². The molecule has 1 aromatic heterocycles. The summed E-state index contributed by atoms with van der Waals surface area (Å²) in [7, 11) is 0. The maximum Gasteiger partial charge on any atom is 0.122 e. The Hall–Kier alpha value is -1.87. The number of pyridine rings is 1. The second kappa shape index (κ2) is 6.77. The molecule has 3 nitrogen and oxygen atoms in total. The number of aromatic nitrogens is 1. The second-order valence-corrected chi connectivity index (χ2v) is 4.15. The highest BCUT2D eigenvalue weighted by Gasteiger charge is 1.97. The number of rotatable bonds is 6. The van der Waals surface area contributed by atoms with Crippen LogP contribution in [-0.4, -0.2) is 18.1 Å². The van der Waals surface area contributed by atoms with Crippen molar-refractivity contribution in [2.24, 2.45) is 0 Å². The Morgan fingerprint density at radius 1 is 1.17 bits per heavy atom. The molecule has 2 rings (SSSR count). The van der Waals surface area contributed by atoms with Crippen LogP contribution in [-0.2, 0) is 6.54 Å². The quantitative estimate of drug-likeness (QED) is 0.790. The van der Waals surface area contributed by atoms with Gasteiger partial charge in [-0.1, -0.05) is 24.3 Å². The molecule has 2 aromatic rings. The Kier molecular flexibility index (Phi) is 4.73. The molecule has 0 saturated heterocycles. The number of nitrogens with zero attached hydrogens (tertiary/aromatic N) is 1. The third-order valence-corrected chi connectivity index (χ3v) is 2.68. The predicted octanol–water partition coefficient (Wildman–Crippen LogP) is 2.56. The molecule has 0 fully saturated rings. The lowest BCUT2D eigenvalue weighted by molar-refractivity contribution is 0.311. The highest BCUT2D eigenvalue weighted by Crippen LogP contribution is 2.15. The molecular formula is C15H18N2O. The molecule has 1 N–H and O–H groups in total. The molecule has 1 heterocycles. The van der Waals surface area contributed by atoms with Crippen molar-refractivity contribution >= 4 is 0 Å². The van der Waals surface area contributed by atoms with E-state index in [1.807, 2.05) is 30.5 Å². The van der Waals surface area contributed by atoms with Crippen molar-refractivity contribution in [3.63, 3.8) is 0 Å². The van der Waals surface area contributed by atoms with Gasteiger partial charge < -0.3 is 10.1 Å². The van der Waals surface area contributed by atoms with Crippen molar-refractivity contribution in [1.82, 2.24) is 10.3 Å². The van der Waals surface area contributed by atoms with E-state index in [4.69, 9.17) is 4.74 Å². The van der Waals surface area contributed by atoms with Crippen molar-refractivity contribution in [3.05, 3.63) is 59.9 Å². The van der Waals surface area contributed by atoms with Crippen LogP contribution in [0.25, 0.3) is 0 Å². The lowest BCUT2D eigenvalue weighted by Gasteiger charge is -2.09. The van der Waals surface area contributed by atoms with Crippen molar-refractivity contribution in [2.75, 3.05) is 13.2 Å². The highest BCUT2D eigenvalue weighted by molar-refractivity contribution is 5.31. The molecular weight excluding hydrogens is 224 g/mol. The first-order valence-corrected chi connectivity index (χ1v) is 6.14. The molecule has 0 aliphatic rings. The molecule has 0 amide bonds. The largest absolute Gasteiger partial charge is 0.492 e. The van der Waals surface area contributed by atoms with Gasteiger partial charge in [-0.05, 0) is 30.2 Å². The molecule has 0 aliphatic carbocycles. The van der Waals surface area contributed by atoms with Crippen LogP contribution in [0.3, 0.4) is 0 Å². The molecule has 0 radical (unpaired) electrons. The zero-order chi connectivity index (χ0) is 12.6. The molecule has 1 aromatic carbocycles. The molecule has 18 heavy (non-hydrogen) atoms. The van der Waals surface area contributed by atoms with Crippen LogP contribution in [0.2, 0.25) is 0 Å². The molecule has 0 aliphatic heterocycles. The smallest absolute Gasteiger partial charge is 0.122 e. The molecule has 0 spiro atoms. The average molecular weight is 242 g/mol. The van der Waals surface area contributed by atoms with E-state index in [0.717, 1.165) is 18.8 Å². The third-order valence-electron chi connectivity index (χ3n) is 2.68. The fourth-order valence-corrected chi connectivity index (χ4v) is 1.69. The van der Waals surface area contributed by atoms with Gasteiger partial charge in [0, 0.05) is 25.5 Å². The molecule has 0 bridgehead atoms. The summed E-state index contributed by atoms with van der Waals surface area (Å²) in [6.45, 7) is 4.37. The van der Waals surface area contributed by atoms with Crippen LogP contribution in [0, 0.1) is 6.92 Å². The number of ether oxygens (including phenoxy) is 1. The molecule has 3 heteroatoms. The van der Waals surface area contributed by atoms with Crippen molar-refractivity contribution in [3.8, 4) is 5.75 Å². The number of para-hydroxylation sites is 1. The standard InChI is InChI=1S/C15H18N2O/c1-13-5-2-3-7-15(13)18-10-9-17-12-14-6-4-8-16-11-14/h2-8,11,17H,9-10,12H2,1H3. The summed E-state index contributed by atoms with van der Waals surface area (Å²) < 4.78 is 5.70. The Morgan fingerprint density at radius 3 is 2.83 bits per heavy atom. The number of hydrogen-bond acceptors (Lipinski definition) is 3. The Bertz CT molecular complexity index is 471. The fourth-order valence-electron chi connectivity index (χ4n) is 1.69.